The van der Waals surface area contributed by atoms with Gasteiger partial charge in [0.25, 0.3) is 5.91 Å². The molecule has 24 heavy (non-hydrogen) atoms. The molecule has 0 aliphatic carbocycles. The second kappa shape index (κ2) is 9.25. The van der Waals surface area contributed by atoms with Crippen molar-refractivity contribution in [2.45, 2.75) is 6.54 Å². The van der Waals surface area contributed by atoms with Gasteiger partial charge in [-0.1, -0.05) is 57.9 Å². The van der Waals surface area contributed by atoms with Gasteiger partial charge in [-0.2, -0.15) is 0 Å². The van der Waals surface area contributed by atoms with Crippen molar-refractivity contribution >= 4 is 45.5 Å². The minimum atomic E-state index is -0.581. The summed E-state index contributed by atoms with van der Waals surface area (Å²) in [5.41, 5.74) is 1.65. The number of carbonyl (C=O) groups excluding carboxylic acids is 2. The molecular formula is C18H15BrClNO3. The molecular weight excluding hydrogens is 394 g/mol. The van der Waals surface area contributed by atoms with Crippen LogP contribution in [0.2, 0.25) is 5.02 Å². The van der Waals surface area contributed by atoms with Crippen LogP contribution in [0, 0.1) is 0 Å². The van der Waals surface area contributed by atoms with Crippen LogP contribution in [0.1, 0.15) is 11.1 Å². The molecule has 1 amide bonds. The van der Waals surface area contributed by atoms with Crippen LogP contribution in [-0.4, -0.2) is 18.5 Å². The molecule has 0 aliphatic rings. The van der Waals surface area contributed by atoms with E-state index in [4.69, 9.17) is 16.3 Å². The first-order valence-corrected chi connectivity index (χ1v) is 8.32. The highest BCUT2D eigenvalue weighted by molar-refractivity contribution is 9.10. The van der Waals surface area contributed by atoms with Gasteiger partial charge in [0.15, 0.2) is 6.61 Å². The molecule has 0 aromatic heterocycles. The Labute approximate surface area is 153 Å². The van der Waals surface area contributed by atoms with Crippen molar-refractivity contribution in [1.82, 2.24) is 5.32 Å². The molecule has 0 fully saturated rings. The molecule has 0 unspecified atom stereocenters. The van der Waals surface area contributed by atoms with E-state index >= 15 is 0 Å². The van der Waals surface area contributed by atoms with Crippen LogP contribution < -0.4 is 5.32 Å². The maximum Gasteiger partial charge on any atom is 0.331 e. The number of amides is 1. The van der Waals surface area contributed by atoms with Crippen LogP contribution in [-0.2, 0) is 20.9 Å². The molecule has 124 valence electrons. The van der Waals surface area contributed by atoms with Gasteiger partial charge in [0.1, 0.15) is 0 Å². The normalized spacial score (nSPS) is 10.6. The fraction of sp³-hybridized carbons (Fsp3) is 0.111. The highest BCUT2D eigenvalue weighted by Gasteiger charge is 2.06. The van der Waals surface area contributed by atoms with E-state index in [9.17, 15) is 9.59 Å². The summed E-state index contributed by atoms with van der Waals surface area (Å²) in [4.78, 5) is 23.3. The van der Waals surface area contributed by atoms with E-state index in [1.54, 1.807) is 12.1 Å². The molecule has 0 aliphatic heterocycles. The van der Waals surface area contributed by atoms with Crippen LogP contribution >= 0.6 is 27.5 Å². The number of carbonyl (C=O) groups is 2. The topological polar surface area (TPSA) is 55.4 Å². The van der Waals surface area contributed by atoms with Gasteiger partial charge >= 0.3 is 5.97 Å². The lowest BCUT2D eigenvalue weighted by Crippen LogP contribution is -2.28. The number of ether oxygens (including phenoxy) is 1. The zero-order valence-electron chi connectivity index (χ0n) is 12.7. The van der Waals surface area contributed by atoms with Crippen molar-refractivity contribution in [2.24, 2.45) is 0 Å². The van der Waals surface area contributed by atoms with Gasteiger partial charge < -0.3 is 10.1 Å². The molecule has 6 heteroatoms. The van der Waals surface area contributed by atoms with Crippen molar-refractivity contribution in [3.05, 3.63) is 75.2 Å². The largest absolute Gasteiger partial charge is 0.452 e. The molecule has 0 atom stereocenters. The number of halogens is 2. The number of benzene rings is 2. The van der Waals surface area contributed by atoms with Gasteiger partial charge in [-0.05, 0) is 35.4 Å². The van der Waals surface area contributed by atoms with Crippen molar-refractivity contribution in [3.63, 3.8) is 0 Å². The third-order valence-corrected chi connectivity index (χ3v) is 3.90. The van der Waals surface area contributed by atoms with Gasteiger partial charge in [-0.3, -0.25) is 4.79 Å². The predicted octanol–water partition coefficient (Wildman–Crippen LogP) is 3.98. The first-order chi connectivity index (χ1) is 11.5. The lowest BCUT2D eigenvalue weighted by Gasteiger charge is -2.06. The molecule has 2 aromatic rings. The van der Waals surface area contributed by atoms with Crippen LogP contribution in [0.3, 0.4) is 0 Å². The number of rotatable bonds is 6. The van der Waals surface area contributed by atoms with Gasteiger partial charge in [0, 0.05) is 22.1 Å². The van der Waals surface area contributed by atoms with Gasteiger partial charge in [0.05, 0.1) is 0 Å². The monoisotopic (exact) mass is 407 g/mol. The lowest BCUT2D eigenvalue weighted by molar-refractivity contribution is -0.143. The molecule has 2 aromatic carbocycles. The summed E-state index contributed by atoms with van der Waals surface area (Å²) in [7, 11) is 0. The average Bonchev–Trinajstić information content (AvgIpc) is 2.57. The Bertz CT molecular complexity index is 761. The van der Waals surface area contributed by atoms with Crippen LogP contribution in [0.25, 0.3) is 6.08 Å². The number of hydrogen-bond acceptors (Lipinski definition) is 3. The Kier molecular flexibility index (Phi) is 7.03. The van der Waals surface area contributed by atoms with E-state index in [-0.39, 0.29) is 19.1 Å². The molecule has 4 nitrogen and oxygen atoms in total. The second-order valence-electron chi connectivity index (χ2n) is 4.86. The summed E-state index contributed by atoms with van der Waals surface area (Å²) in [6, 6.07) is 14.7. The first-order valence-electron chi connectivity index (χ1n) is 7.15. The summed E-state index contributed by atoms with van der Waals surface area (Å²) in [5, 5.41) is 3.22. The fourth-order valence-corrected chi connectivity index (χ4v) is 2.47. The van der Waals surface area contributed by atoms with E-state index in [0.717, 1.165) is 15.6 Å². The summed E-state index contributed by atoms with van der Waals surface area (Å²) in [6.45, 7) is -0.0595. The Balaban J connectivity index is 1.75. The van der Waals surface area contributed by atoms with E-state index in [1.807, 2.05) is 42.5 Å². The zero-order valence-corrected chi connectivity index (χ0v) is 15.0. The average molecular weight is 409 g/mol. The molecule has 2 rings (SSSR count). The fourth-order valence-electron chi connectivity index (χ4n) is 1.85. The van der Waals surface area contributed by atoms with Crippen molar-refractivity contribution in [1.29, 1.82) is 0 Å². The van der Waals surface area contributed by atoms with Crippen molar-refractivity contribution in [2.75, 3.05) is 6.61 Å². The molecule has 1 N–H and O–H groups in total. The summed E-state index contributed by atoms with van der Waals surface area (Å²) < 4.78 is 5.81. The first kappa shape index (κ1) is 18.2. The van der Waals surface area contributed by atoms with Gasteiger partial charge in [-0.25, -0.2) is 4.79 Å². The third kappa shape index (κ3) is 6.18. The SMILES string of the molecule is O=C(COC(=O)/C=C/c1cccc(Br)c1)NCc1ccccc1Cl. The molecule has 0 saturated heterocycles. The Morgan fingerprint density at radius 2 is 1.96 bits per heavy atom. The van der Waals surface area contributed by atoms with E-state index in [0.29, 0.717) is 5.02 Å². The van der Waals surface area contributed by atoms with Crippen LogP contribution in [0.15, 0.2) is 59.1 Å². The highest BCUT2D eigenvalue weighted by Crippen LogP contribution is 2.14. The minimum Gasteiger partial charge on any atom is -0.452 e. The molecule has 0 heterocycles. The highest BCUT2D eigenvalue weighted by atomic mass is 79.9. The van der Waals surface area contributed by atoms with Crippen LogP contribution in [0.5, 0.6) is 0 Å². The Morgan fingerprint density at radius 1 is 1.17 bits per heavy atom. The summed E-state index contributed by atoms with van der Waals surface area (Å²) in [6.07, 6.45) is 2.90. The van der Waals surface area contributed by atoms with Gasteiger partial charge in [0.2, 0.25) is 0 Å². The van der Waals surface area contributed by atoms with Crippen LogP contribution in [0.4, 0.5) is 0 Å². The van der Waals surface area contributed by atoms with Crippen molar-refractivity contribution in [3.8, 4) is 0 Å². The van der Waals surface area contributed by atoms with E-state index < -0.39 is 5.97 Å². The zero-order chi connectivity index (χ0) is 17.4. The quantitative estimate of drug-likeness (QED) is 0.581. The van der Waals surface area contributed by atoms with E-state index in [1.165, 1.54) is 6.08 Å². The molecule has 0 radical (unpaired) electrons. The maximum absolute atomic E-state index is 11.7. The van der Waals surface area contributed by atoms with Gasteiger partial charge in [-0.15, -0.1) is 0 Å². The number of hydrogen-bond donors (Lipinski definition) is 1. The Hall–Kier alpha value is -2.11. The predicted molar refractivity (Wildman–Crippen MR) is 97.4 cm³/mol. The second-order valence-corrected chi connectivity index (χ2v) is 6.19. The summed E-state index contributed by atoms with van der Waals surface area (Å²) >= 11 is 9.34. The molecule has 0 bridgehead atoms. The smallest absolute Gasteiger partial charge is 0.331 e. The Morgan fingerprint density at radius 3 is 2.71 bits per heavy atom. The standard InChI is InChI=1S/C18H15BrClNO3/c19-15-6-3-4-13(10-15)8-9-18(23)24-12-17(22)21-11-14-5-1-2-7-16(14)20/h1-10H,11-12H2,(H,21,22)/b9-8+. The van der Waals surface area contributed by atoms with Crippen molar-refractivity contribution < 1.29 is 14.3 Å². The minimum absolute atomic E-state index is 0.282. The lowest BCUT2D eigenvalue weighted by atomic mass is 10.2. The summed E-state index contributed by atoms with van der Waals surface area (Å²) in [5.74, 6) is -0.970. The third-order valence-electron chi connectivity index (χ3n) is 3.04. The molecule has 0 saturated carbocycles. The maximum atomic E-state index is 11.7. The van der Waals surface area contributed by atoms with E-state index in [2.05, 4.69) is 21.2 Å². The number of esters is 1. The molecule has 0 spiro atoms. The number of nitrogens with one attached hydrogen (secondary N) is 1.